The highest BCUT2D eigenvalue weighted by Gasteiger charge is 2.26. The lowest BCUT2D eigenvalue weighted by Gasteiger charge is -2.15. The first-order valence-corrected chi connectivity index (χ1v) is 7.93. The molecule has 1 fully saturated rings. The molecule has 0 atom stereocenters. The van der Waals surface area contributed by atoms with Gasteiger partial charge < -0.3 is 10.3 Å². The number of nitrogen functional groups attached to an aromatic ring is 1. The minimum absolute atomic E-state index is 0.559. The Kier molecular flexibility index (Phi) is 3.95. The molecule has 0 amide bonds. The van der Waals surface area contributed by atoms with Crippen molar-refractivity contribution < 1.29 is 0 Å². The van der Waals surface area contributed by atoms with Crippen molar-refractivity contribution >= 4 is 5.82 Å². The van der Waals surface area contributed by atoms with Crippen LogP contribution in [-0.2, 0) is 6.54 Å². The second kappa shape index (κ2) is 5.88. The molecule has 0 aliphatic heterocycles. The lowest BCUT2D eigenvalue weighted by molar-refractivity contribution is 0.492. The van der Waals surface area contributed by atoms with Crippen molar-refractivity contribution in [2.45, 2.75) is 52.0 Å². The average molecular weight is 284 g/mol. The van der Waals surface area contributed by atoms with E-state index in [9.17, 15) is 0 Å². The highest BCUT2D eigenvalue weighted by molar-refractivity contribution is 5.70. The van der Waals surface area contributed by atoms with Crippen LogP contribution in [0.15, 0.2) is 24.5 Å². The maximum Gasteiger partial charge on any atom is 0.131 e. The minimum Gasteiger partial charge on any atom is -0.383 e. The molecular weight excluding hydrogens is 260 g/mol. The normalized spacial score (nSPS) is 16.0. The Bertz CT molecular complexity index is 595. The van der Waals surface area contributed by atoms with Crippen LogP contribution in [0.3, 0.4) is 0 Å². The molecule has 0 unspecified atom stereocenters. The smallest absolute Gasteiger partial charge is 0.131 e. The number of aromatic nitrogens is 3. The van der Waals surface area contributed by atoms with Gasteiger partial charge in [-0.1, -0.05) is 26.7 Å². The molecule has 2 N–H and O–H groups in total. The quantitative estimate of drug-likeness (QED) is 0.928. The van der Waals surface area contributed by atoms with Gasteiger partial charge >= 0.3 is 0 Å². The Morgan fingerprint density at radius 2 is 2.10 bits per heavy atom. The number of pyridine rings is 1. The fourth-order valence-electron chi connectivity index (χ4n) is 3.25. The summed E-state index contributed by atoms with van der Waals surface area (Å²) in [7, 11) is 0. The molecule has 0 bridgehead atoms. The summed E-state index contributed by atoms with van der Waals surface area (Å²) < 4.78 is 2.24. The zero-order valence-corrected chi connectivity index (χ0v) is 12.9. The van der Waals surface area contributed by atoms with E-state index in [1.54, 1.807) is 6.20 Å². The van der Waals surface area contributed by atoms with Crippen LogP contribution in [0.4, 0.5) is 5.82 Å². The lowest BCUT2D eigenvalue weighted by atomic mass is 10.1. The van der Waals surface area contributed by atoms with Crippen molar-refractivity contribution in [2.24, 2.45) is 5.92 Å². The van der Waals surface area contributed by atoms with E-state index >= 15 is 0 Å². The Hall–Kier alpha value is -1.84. The number of hydrogen-bond donors (Lipinski definition) is 1. The van der Waals surface area contributed by atoms with E-state index in [1.807, 2.05) is 18.3 Å². The standard InChI is InChI=1S/C17H24N4/c1-12(2)11-21-16(18)15(14-8-5-9-19-10-14)20-17(21)13-6-3-4-7-13/h5,8-10,12-13H,3-4,6-7,11,18H2,1-2H3. The van der Waals surface area contributed by atoms with Gasteiger partial charge in [-0.25, -0.2) is 4.98 Å². The van der Waals surface area contributed by atoms with Crippen molar-refractivity contribution in [3.8, 4) is 11.3 Å². The Balaban J connectivity index is 2.05. The van der Waals surface area contributed by atoms with Gasteiger partial charge in [-0.2, -0.15) is 0 Å². The maximum absolute atomic E-state index is 6.42. The third-order valence-electron chi connectivity index (χ3n) is 4.24. The molecule has 0 spiro atoms. The van der Waals surface area contributed by atoms with E-state index in [0.717, 1.165) is 23.6 Å². The summed E-state index contributed by atoms with van der Waals surface area (Å²) in [6, 6.07) is 3.97. The van der Waals surface area contributed by atoms with Crippen LogP contribution in [0.5, 0.6) is 0 Å². The molecule has 2 heterocycles. The van der Waals surface area contributed by atoms with Gasteiger partial charge in [-0.05, 0) is 30.9 Å². The SMILES string of the molecule is CC(C)Cn1c(C2CCCC2)nc(-c2cccnc2)c1N. The molecule has 0 saturated heterocycles. The lowest BCUT2D eigenvalue weighted by Crippen LogP contribution is -2.13. The summed E-state index contributed by atoms with van der Waals surface area (Å²) in [6.45, 7) is 5.38. The summed E-state index contributed by atoms with van der Waals surface area (Å²) in [4.78, 5) is 9.11. The van der Waals surface area contributed by atoms with Crippen molar-refractivity contribution in [1.82, 2.24) is 14.5 Å². The number of anilines is 1. The monoisotopic (exact) mass is 284 g/mol. The van der Waals surface area contributed by atoms with Crippen LogP contribution >= 0.6 is 0 Å². The van der Waals surface area contributed by atoms with Crippen molar-refractivity contribution in [1.29, 1.82) is 0 Å². The number of nitrogens with zero attached hydrogens (tertiary/aromatic N) is 3. The third-order valence-corrected chi connectivity index (χ3v) is 4.24. The largest absolute Gasteiger partial charge is 0.383 e. The van der Waals surface area contributed by atoms with Gasteiger partial charge in [0.05, 0.1) is 0 Å². The minimum atomic E-state index is 0.559. The molecule has 4 nitrogen and oxygen atoms in total. The molecule has 112 valence electrons. The van der Waals surface area contributed by atoms with E-state index in [4.69, 9.17) is 10.7 Å². The molecule has 2 aromatic rings. The highest BCUT2D eigenvalue weighted by Crippen LogP contribution is 2.37. The topological polar surface area (TPSA) is 56.7 Å². The molecule has 0 radical (unpaired) electrons. The summed E-state index contributed by atoms with van der Waals surface area (Å²) in [5, 5.41) is 0. The summed E-state index contributed by atoms with van der Waals surface area (Å²) in [5.41, 5.74) is 8.33. The summed E-state index contributed by atoms with van der Waals surface area (Å²) in [6.07, 6.45) is 8.71. The van der Waals surface area contributed by atoms with E-state index in [2.05, 4.69) is 23.4 Å². The molecular formula is C17H24N4. The maximum atomic E-state index is 6.42. The molecule has 0 aromatic carbocycles. The molecule has 1 aliphatic carbocycles. The zero-order valence-electron chi connectivity index (χ0n) is 12.9. The van der Waals surface area contributed by atoms with Crippen LogP contribution in [0, 0.1) is 5.92 Å². The molecule has 1 saturated carbocycles. The Labute approximate surface area is 126 Å². The zero-order chi connectivity index (χ0) is 14.8. The predicted molar refractivity (Wildman–Crippen MR) is 85.9 cm³/mol. The molecule has 21 heavy (non-hydrogen) atoms. The fourth-order valence-corrected chi connectivity index (χ4v) is 3.25. The van der Waals surface area contributed by atoms with E-state index in [-0.39, 0.29) is 0 Å². The van der Waals surface area contributed by atoms with Gasteiger partial charge in [0.2, 0.25) is 0 Å². The summed E-state index contributed by atoms with van der Waals surface area (Å²) >= 11 is 0. The third kappa shape index (κ3) is 2.80. The van der Waals surface area contributed by atoms with Crippen LogP contribution in [0.25, 0.3) is 11.3 Å². The first-order chi connectivity index (χ1) is 10.2. The van der Waals surface area contributed by atoms with Crippen molar-refractivity contribution in [2.75, 3.05) is 5.73 Å². The first kappa shape index (κ1) is 14.1. The van der Waals surface area contributed by atoms with Crippen LogP contribution in [0.2, 0.25) is 0 Å². The van der Waals surface area contributed by atoms with Crippen LogP contribution in [-0.4, -0.2) is 14.5 Å². The Morgan fingerprint density at radius 1 is 1.33 bits per heavy atom. The average Bonchev–Trinajstić information content (AvgIpc) is 3.09. The van der Waals surface area contributed by atoms with Crippen LogP contribution in [0.1, 0.15) is 51.3 Å². The first-order valence-electron chi connectivity index (χ1n) is 7.93. The second-order valence-electron chi connectivity index (χ2n) is 6.43. The van der Waals surface area contributed by atoms with Gasteiger partial charge in [0, 0.05) is 30.4 Å². The molecule has 3 rings (SSSR count). The van der Waals surface area contributed by atoms with Gasteiger partial charge in [0.15, 0.2) is 0 Å². The van der Waals surface area contributed by atoms with Crippen molar-refractivity contribution in [3.63, 3.8) is 0 Å². The van der Waals surface area contributed by atoms with Gasteiger partial charge in [0.1, 0.15) is 17.3 Å². The molecule has 2 aromatic heterocycles. The van der Waals surface area contributed by atoms with Gasteiger partial charge in [-0.3, -0.25) is 4.98 Å². The van der Waals surface area contributed by atoms with Crippen molar-refractivity contribution in [3.05, 3.63) is 30.4 Å². The number of rotatable bonds is 4. The second-order valence-corrected chi connectivity index (χ2v) is 6.43. The van der Waals surface area contributed by atoms with E-state index in [1.165, 1.54) is 31.5 Å². The Morgan fingerprint density at radius 3 is 2.71 bits per heavy atom. The molecule has 1 aliphatic rings. The predicted octanol–water partition coefficient (Wildman–Crippen LogP) is 3.84. The summed E-state index contributed by atoms with van der Waals surface area (Å²) in [5.74, 6) is 3.09. The van der Waals surface area contributed by atoms with Crippen LogP contribution < -0.4 is 5.73 Å². The molecule has 4 heteroatoms. The number of nitrogens with two attached hydrogens (primary N) is 1. The number of hydrogen-bond acceptors (Lipinski definition) is 3. The van der Waals surface area contributed by atoms with Gasteiger partial charge in [-0.15, -0.1) is 0 Å². The van der Waals surface area contributed by atoms with E-state index in [0.29, 0.717) is 11.8 Å². The van der Waals surface area contributed by atoms with E-state index < -0.39 is 0 Å². The van der Waals surface area contributed by atoms with Gasteiger partial charge in [0.25, 0.3) is 0 Å². The number of imidazole rings is 1. The fraction of sp³-hybridized carbons (Fsp3) is 0.529. The highest BCUT2D eigenvalue weighted by atomic mass is 15.1.